The third-order valence-corrected chi connectivity index (χ3v) is 1.71. The van der Waals surface area contributed by atoms with E-state index < -0.39 is 0 Å². The summed E-state index contributed by atoms with van der Waals surface area (Å²) >= 11 is 0. The maximum absolute atomic E-state index is 5.45. The molecule has 0 nitrogen and oxygen atoms in total. The molecule has 0 unspecified atom stereocenters. The van der Waals surface area contributed by atoms with E-state index >= 15 is 0 Å². The van der Waals surface area contributed by atoms with Gasteiger partial charge in [-0.05, 0) is 19.8 Å². The van der Waals surface area contributed by atoms with Gasteiger partial charge in [0.05, 0.1) is 7.85 Å². The average molecular weight is 118 g/mol. The molecule has 0 aliphatic heterocycles. The van der Waals surface area contributed by atoms with Crippen LogP contribution in [0.2, 0.25) is 6.32 Å². The fraction of sp³-hybridized carbons (Fsp3) is 0.500. The monoisotopic (exact) mass is 118 g/mol. The van der Waals surface area contributed by atoms with Gasteiger partial charge in [-0.25, -0.2) is 0 Å². The molecule has 0 fully saturated rings. The second-order valence-corrected chi connectivity index (χ2v) is 2.54. The van der Waals surface area contributed by atoms with E-state index in [9.17, 15) is 0 Å². The van der Waals surface area contributed by atoms with Crippen molar-refractivity contribution in [2.75, 3.05) is 0 Å². The molecule has 0 aromatic carbocycles. The Balaban J connectivity index is 2.59. The Labute approximate surface area is 58.1 Å². The molecule has 0 heterocycles. The molecule has 0 saturated carbocycles. The van der Waals surface area contributed by atoms with Crippen LogP contribution in [-0.2, 0) is 0 Å². The van der Waals surface area contributed by atoms with Crippen LogP contribution in [0.3, 0.4) is 0 Å². The maximum Gasteiger partial charge on any atom is 0.0712 e. The lowest BCUT2D eigenvalue weighted by Crippen LogP contribution is -1.89. The minimum atomic E-state index is 0.726. The van der Waals surface area contributed by atoms with Crippen molar-refractivity contribution in [3.05, 3.63) is 23.3 Å². The largest absolute Gasteiger partial charge is 0.0785 e. The van der Waals surface area contributed by atoms with Gasteiger partial charge in [-0.15, -0.1) is 0 Å². The van der Waals surface area contributed by atoms with Gasteiger partial charge in [0.25, 0.3) is 0 Å². The van der Waals surface area contributed by atoms with E-state index in [1.807, 2.05) is 0 Å². The summed E-state index contributed by atoms with van der Waals surface area (Å²) in [5.41, 5.74) is 2.84. The van der Waals surface area contributed by atoms with Crippen LogP contribution >= 0.6 is 0 Å². The van der Waals surface area contributed by atoms with E-state index in [0.717, 1.165) is 6.32 Å². The summed E-state index contributed by atoms with van der Waals surface area (Å²) in [6.45, 7) is 2.16. The third-order valence-electron chi connectivity index (χ3n) is 1.71. The molecule has 0 amide bonds. The zero-order valence-corrected chi connectivity index (χ0v) is 5.85. The normalized spacial score (nSPS) is 18.8. The summed E-state index contributed by atoms with van der Waals surface area (Å²) in [5.74, 6) is 0. The van der Waals surface area contributed by atoms with Crippen LogP contribution < -0.4 is 0 Å². The third kappa shape index (κ3) is 1.74. The lowest BCUT2D eigenvalue weighted by molar-refractivity contribution is 0.905. The summed E-state index contributed by atoms with van der Waals surface area (Å²) in [5, 5.41) is 0. The fourth-order valence-electron chi connectivity index (χ4n) is 0.955. The lowest BCUT2D eigenvalue weighted by atomic mass is 9.89. The Hall–Kier alpha value is -0.455. The molecule has 1 heteroatoms. The van der Waals surface area contributed by atoms with Crippen molar-refractivity contribution in [1.82, 2.24) is 0 Å². The van der Waals surface area contributed by atoms with Gasteiger partial charge < -0.3 is 0 Å². The molecule has 0 atom stereocenters. The molecule has 0 N–H and O–H groups in total. The predicted molar refractivity (Wildman–Crippen MR) is 41.6 cm³/mol. The van der Waals surface area contributed by atoms with Gasteiger partial charge in [0, 0.05) is 0 Å². The first-order valence-electron chi connectivity index (χ1n) is 3.38. The van der Waals surface area contributed by atoms with E-state index in [0.29, 0.717) is 0 Å². The Morgan fingerprint density at radius 1 is 1.44 bits per heavy atom. The Morgan fingerprint density at radius 3 is 2.67 bits per heavy atom. The van der Waals surface area contributed by atoms with Crippen LogP contribution in [0, 0.1) is 0 Å². The minimum absolute atomic E-state index is 0.726. The topological polar surface area (TPSA) is 0 Å². The molecule has 0 saturated heterocycles. The standard InChI is InChI=1S/C8H11B/c1-7-2-4-8(6-9)5-3-7/h2,4H,3,5-6H2,1H3. The molecule has 2 radical (unpaired) electrons. The summed E-state index contributed by atoms with van der Waals surface area (Å²) < 4.78 is 0. The first-order valence-corrected chi connectivity index (χ1v) is 3.38. The smallest absolute Gasteiger partial charge is 0.0712 e. The van der Waals surface area contributed by atoms with Gasteiger partial charge in [0.1, 0.15) is 0 Å². The molecular formula is C8H11B. The summed E-state index contributed by atoms with van der Waals surface area (Å²) in [7, 11) is 5.45. The van der Waals surface area contributed by atoms with Crippen LogP contribution in [0.1, 0.15) is 19.8 Å². The molecule has 46 valence electrons. The first-order chi connectivity index (χ1) is 4.33. The van der Waals surface area contributed by atoms with E-state index in [1.54, 1.807) is 0 Å². The lowest BCUT2D eigenvalue weighted by Gasteiger charge is -2.08. The molecule has 0 aromatic rings. The Kier molecular flexibility index (Phi) is 2.15. The SMILES string of the molecule is [B]CC1=CC=C(C)CC1. The second-order valence-electron chi connectivity index (χ2n) is 2.54. The minimum Gasteiger partial charge on any atom is -0.0785 e. The second kappa shape index (κ2) is 2.91. The van der Waals surface area contributed by atoms with Crippen molar-refractivity contribution in [1.29, 1.82) is 0 Å². The van der Waals surface area contributed by atoms with Gasteiger partial charge >= 0.3 is 0 Å². The molecule has 0 bridgehead atoms. The van der Waals surface area contributed by atoms with Crippen LogP contribution in [0.15, 0.2) is 23.3 Å². The van der Waals surface area contributed by atoms with E-state index in [1.165, 1.54) is 24.0 Å². The highest BCUT2D eigenvalue weighted by Crippen LogP contribution is 2.18. The molecule has 0 aromatic heterocycles. The number of rotatable bonds is 1. The summed E-state index contributed by atoms with van der Waals surface area (Å²) in [6.07, 6.45) is 7.39. The number of allylic oxidation sites excluding steroid dienone is 4. The highest BCUT2D eigenvalue weighted by Gasteiger charge is 1.98. The Morgan fingerprint density at radius 2 is 2.22 bits per heavy atom. The van der Waals surface area contributed by atoms with Crippen LogP contribution in [0.4, 0.5) is 0 Å². The molecular weight excluding hydrogens is 107 g/mol. The van der Waals surface area contributed by atoms with E-state index in [-0.39, 0.29) is 0 Å². The highest BCUT2D eigenvalue weighted by atomic mass is 14.0. The Bertz CT molecular complexity index is 154. The molecule has 0 spiro atoms. The van der Waals surface area contributed by atoms with Crippen molar-refractivity contribution in [3.63, 3.8) is 0 Å². The van der Waals surface area contributed by atoms with Crippen molar-refractivity contribution in [3.8, 4) is 0 Å². The number of hydrogen-bond acceptors (Lipinski definition) is 0. The van der Waals surface area contributed by atoms with Gasteiger partial charge in [-0.3, -0.25) is 0 Å². The average Bonchev–Trinajstić information content (AvgIpc) is 1.90. The summed E-state index contributed by atoms with van der Waals surface area (Å²) in [6, 6.07) is 0. The highest BCUT2D eigenvalue weighted by molar-refractivity contribution is 6.10. The zero-order chi connectivity index (χ0) is 6.69. The van der Waals surface area contributed by atoms with E-state index in [2.05, 4.69) is 19.1 Å². The van der Waals surface area contributed by atoms with Crippen molar-refractivity contribution < 1.29 is 0 Å². The summed E-state index contributed by atoms with van der Waals surface area (Å²) in [4.78, 5) is 0. The van der Waals surface area contributed by atoms with Crippen molar-refractivity contribution >= 4 is 7.85 Å². The number of hydrogen-bond donors (Lipinski definition) is 0. The predicted octanol–water partition coefficient (Wildman–Crippen LogP) is 2.24. The molecule has 1 rings (SSSR count). The van der Waals surface area contributed by atoms with E-state index in [4.69, 9.17) is 7.85 Å². The van der Waals surface area contributed by atoms with Gasteiger partial charge in [-0.1, -0.05) is 29.6 Å². The van der Waals surface area contributed by atoms with Crippen LogP contribution in [0.25, 0.3) is 0 Å². The maximum atomic E-state index is 5.45. The molecule has 9 heavy (non-hydrogen) atoms. The molecule has 1 aliphatic rings. The fourth-order valence-corrected chi connectivity index (χ4v) is 0.955. The van der Waals surface area contributed by atoms with Gasteiger partial charge in [0.15, 0.2) is 0 Å². The van der Waals surface area contributed by atoms with Crippen molar-refractivity contribution in [2.24, 2.45) is 0 Å². The van der Waals surface area contributed by atoms with Gasteiger partial charge in [-0.2, -0.15) is 0 Å². The molecule has 1 aliphatic carbocycles. The quantitative estimate of drug-likeness (QED) is 0.463. The van der Waals surface area contributed by atoms with Crippen molar-refractivity contribution in [2.45, 2.75) is 26.1 Å². The van der Waals surface area contributed by atoms with Crippen LogP contribution in [-0.4, -0.2) is 7.85 Å². The zero-order valence-electron chi connectivity index (χ0n) is 5.85. The van der Waals surface area contributed by atoms with Gasteiger partial charge in [0.2, 0.25) is 0 Å². The first kappa shape index (κ1) is 6.66. The van der Waals surface area contributed by atoms with Crippen LogP contribution in [0.5, 0.6) is 0 Å².